The Bertz CT molecular complexity index is 1000. The summed E-state index contributed by atoms with van der Waals surface area (Å²) < 4.78 is 81.0. The van der Waals surface area contributed by atoms with E-state index in [2.05, 4.69) is 21.1 Å². The number of oxime groups is 1. The minimum atomic E-state index is -5.75. The van der Waals surface area contributed by atoms with Gasteiger partial charge in [-0.05, 0) is 47.1 Å². The summed E-state index contributed by atoms with van der Waals surface area (Å²) in [7, 11) is -5.75. The highest BCUT2D eigenvalue weighted by Crippen LogP contribution is 2.40. The average Bonchev–Trinajstić information content (AvgIpc) is 2.53. The topological polar surface area (TPSA) is 76.0 Å². The fourth-order valence-electron chi connectivity index (χ4n) is 2.07. The fourth-order valence-corrected chi connectivity index (χ4v) is 4.14. The van der Waals surface area contributed by atoms with Crippen LogP contribution in [0, 0.1) is 5.82 Å². The first-order valence-electron chi connectivity index (χ1n) is 6.85. The zero-order chi connectivity index (χ0) is 20.6. The maximum Gasteiger partial charge on any atom is 0.501 e. The number of benzene rings is 2. The highest BCUT2D eigenvalue weighted by Gasteiger charge is 2.48. The number of sulfone groups is 1. The molecule has 2 rings (SSSR count). The monoisotopic (exact) mass is 489 g/mol. The number of ether oxygens (including phenoxy) is 1. The molecule has 5 nitrogen and oxygen atoms in total. The molecule has 2 aromatic rings. The van der Waals surface area contributed by atoms with Crippen LogP contribution >= 0.6 is 27.5 Å². The second-order valence-corrected chi connectivity index (χ2v) is 8.23. The van der Waals surface area contributed by atoms with E-state index in [1.54, 1.807) is 0 Å². The van der Waals surface area contributed by atoms with Crippen molar-refractivity contribution in [3.63, 3.8) is 0 Å². The van der Waals surface area contributed by atoms with Gasteiger partial charge in [0.2, 0.25) is 0 Å². The summed E-state index contributed by atoms with van der Waals surface area (Å²) in [5, 5.41) is 11.7. The third-order valence-corrected chi connectivity index (χ3v) is 5.77. The van der Waals surface area contributed by atoms with E-state index < -0.39 is 37.3 Å². The van der Waals surface area contributed by atoms with Gasteiger partial charge in [0.1, 0.15) is 17.3 Å². The molecule has 0 aliphatic heterocycles. The predicted octanol–water partition coefficient (Wildman–Crippen LogP) is 5.53. The molecular formula is C15H9BrClF4NO4S. The average molecular weight is 491 g/mol. The first-order valence-corrected chi connectivity index (χ1v) is 9.50. The molecule has 0 spiro atoms. The first-order chi connectivity index (χ1) is 12.4. The number of hydrogen-bond acceptors (Lipinski definition) is 5. The van der Waals surface area contributed by atoms with Crippen molar-refractivity contribution in [3.05, 3.63) is 51.2 Å². The Balaban J connectivity index is 2.68. The van der Waals surface area contributed by atoms with Crippen LogP contribution in [0.15, 0.2) is 44.9 Å². The maximum atomic E-state index is 13.4. The summed E-state index contributed by atoms with van der Waals surface area (Å²) in [6, 6.07) is 4.80. The summed E-state index contributed by atoms with van der Waals surface area (Å²) in [5.41, 5.74) is -6.56. The molecule has 0 bridgehead atoms. The quantitative estimate of drug-likeness (QED) is 0.265. The Hall–Kier alpha value is -1.85. The molecule has 0 aliphatic rings. The molecule has 0 aromatic heterocycles. The summed E-state index contributed by atoms with van der Waals surface area (Å²) in [5.74, 6) is -0.967. The normalized spacial score (nSPS) is 12.9. The van der Waals surface area contributed by atoms with Crippen molar-refractivity contribution >= 4 is 43.1 Å². The number of hydrogen-bond donors (Lipinski definition) is 1. The van der Waals surface area contributed by atoms with E-state index in [1.165, 1.54) is 6.07 Å². The Kier molecular flexibility index (Phi) is 6.07. The van der Waals surface area contributed by atoms with Gasteiger partial charge in [-0.3, -0.25) is 0 Å². The SMILES string of the molecule is CC(=NO)c1c(S(=O)(=O)C(F)(F)F)ccc(Oc2cc(F)cc(Cl)c2)c1Br. The number of alkyl halides is 3. The largest absolute Gasteiger partial charge is 0.501 e. The molecule has 0 saturated heterocycles. The fraction of sp³-hybridized carbons (Fsp3) is 0.133. The minimum absolute atomic E-state index is 0.00529. The molecular weight excluding hydrogens is 482 g/mol. The third kappa shape index (κ3) is 4.36. The van der Waals surface area contributed by atoms with E-state index >= 15 is 0 Å². The summed E-state index contributed by atoms with van der Waals surface area (Å²) in [6.45, 7) is 1.10. The van der Waals surface area contributed by atoms with Gasteiger partial charge >= 0.3 is 5.51 Å². The Morgan fingerprint density at radius 3 is 2.41 bits per heavy atom. The zero-order valence-electron chi connectivity index (χ0n) is 13.2. The molecule has 2 aromatic carbocycles. The van der Waals surface area contributed by atoms with E-state index in [-0.39, 0.29) is 21.0 Å². The van der Waals surface area contributed by atoms with Crippen LogP contribution in [0.2, 0.25) is 5.02 Å². The molecule has 27 heavy (non-hydrogen) atoms. The Labute approximate surface area is 164 Å². The van der Waals surface area contributed by atoms with Crippen molar-refractivity contribution in [1.82, 2.24) is 0 Å². The van der Waals surface area contributed by atoms with Gasteiger partial charge in [0.25, 0.3) is 9.84 Å². The van der Waals surface area contributed by atoms with Crippen molar-refractivity contribution in [2.45, 2.75) is 17.3 Å². The van der Waals surface area contributed by atoms with Crippen molar-refractivity contribution in [3.8, 4) is 11.5 Å². The standard InChI is InChI=1S/C15H9BrClF4NO4S/c1-7(22-23)13-12(27(24,25)15(19,20)21)3-2-11(14(13)16)26-10-5-8(17)4-9(18)6-10/h2-6,23H,1H3. The van der Waals surface area contributed by atoms with Gasteiger partial charge in [-0.15, -0.1) is 0 Å². The number of nitrogens with zero attached hydrogens (tertiary/aromatic N) is 1. The lowest BCUT2D eigenvalue weighted by molar-refractivity contribution is -0.0436. The first kappa shape index (κ1) is 21.5. The van der Waals surface area contributed by atoms with Crippen LogP contribution in [0.1, 0.15) is 12.5 Å². The highest BCUT2D eigenvalue weighted by atomic mass is 79.9. The molecule has 12 heteroatoms. The predicted molar refractivity (Wildman–Crippen MR) is 92.9 cm³/mol. The lowest BCUT2D eigenvalue weighted by Gasteiger charge is -2.16. The lowest BCUT2D eigenvalue weighted by Crippen LogP contribution is -2.25. The molecule has 0 unspecified atom stereocenters. The van der Waals surface area contributed by atoms with Crippen LogP contribution in [0.4, 0.5) is 17.6 Å². The second kappa shape index (κ2) is 7.64. The molecule has 0 atom stereocenters. The summed E-state index contributed by atoms with van der Waals surface area (Å²) in [4.78, 5) is -1.14. The molecule has 0 saturated carbocycles. The molecule has 0 fully saturated rings. The van der Waals surface area contributed by atoms with Gasteiger partial charge in [0.15, 0.2) is 0 Å². The van der Waals surface area contributed by atoms with Crippen LogP contribution in [0.5, 0.6) is 11.5 Å². The molecule has 0 aliphatic carbocycles. The maximum absolute atomic E-state index is 13.4. The Morgan fingerprint density at radius 1 is 1.26 bits per heavy atom. The third-order valence-electron chi connectivity index (χ3n) is 3.24. The Morgan fingerprint density at radius 2 is 1.89 bits per heavy atom. The van der Waals surface area contributed by atoms with Gasteiger partial charge in [-0.1, -0.05) is 16.8 Å². The lowest BCUT2D eigenvalue weighted by atomic mass is 10.1. The van der Waals surface area contributed by atoms with E-state index in [0.29, 0.717) is 6.07 Å². The van der Waals surface area contributed by atoms with Crippen LogP contribution in [-0.2, 0) is 9.84 Å². The highest BCUT2D eigenvalue weighted by molar-refractivity contribution is 9.10. The van der Waals surface area contributed by atoms with Gasteiger partial charge in [-0.25, -0.2) is 12.8 Å². The molecule has 0 radical (unpaired) electrons. The molecule has 1 N–H and O–H groups in total. The van der Waals surface area contributed by atoms with Gasteiger partial charge in [-0.2, -0.15) is 13.2 Å². The number of halogens is 6. The van der Waals surface area contributed by atoms with Gasteiger partial charge in [0, 0.05) is 16.7 Å². The summed E-state index contributed by atoms with van der Waals surface area (Å²) >= 11 is 8.66. The summed E-state index contributed by atoms with van der Waals surface area (Å²) in [6.07, 6.45) is 0. The van der Waals surface area contributed by atoms with Crippen molar-refractivity contribution < 1.29 is 35.9 Å². The molecule has 146 valence electrons. The van der Waals surface area contributed by atoms with E-state index in [0.717, 1.165) is 25.1 Å². The van der Waals surface area contributed by atoms with Crippen LogP contribution in [-0.4, -0.2) is 24.8 Å². The van der Waals surface area contributed by atoms with E-state index in [4.69, 9.17) is 21.5 Å². The van der Waals surface area contributed by atoms with Crippen LogP contribution in [0.25, 0.3) is 0 Å². The smallest absolute Gasteiger partial charge is 0.456 e. The zero-order valence-corrected chi connectivity index (χ0v) is 16.3. The second-order valence-electron chi connectivity index (χ2n) is 5.09. The van der Waals surface area contributed by atoms with Gasteiger partial charge in [0.05, 0.1) is 15.1 Å². The number of rotatable bonds is 4. The van der Waals surface area contributed by atoms with Crippen molar-refractivity contribution in [1.29, 1.82) is 0 Å². The van der Waals surface area contributed by atoms with E-state index in [1.807, 2.05) is 0 Å². The molecule has 0 amide bonds. The van der Waals surface area contributed by atoms with Crippen molar-refractivity contribution in [2.75, 3.05) is 0 Å². The molecule has 0 heterocycles. The van der Waals surface area contributed by atoms with E-state index in [9.17, 15) is 26.0 Å². The minimum Gasteiger partial charge on any atom is -0.456 e. The van der Waals surface area contributed by atoms with Crippen LogP contribution < -0.4 is 4.74 Å². The van der Waals surface area contributed by atoms with Crippen LogP contribution in [0.3, 0.4) is 0 Å². The van der Waals surface area contributed by atoms with Crippen molar-refractivity contribution in [2.24, 2.45) is 5.16 Å². The van der Waals surface area contributed by atoms with Gasteiger partial charge < -0.3 is 9.94 Å².